The summed E-state index contributed by atoms with van der Waals surface area (Å²) in [6.07, 6.45) is 0. The van der Waals surface area contributed by atoms with E-state index in [2.05, 4.69) is 44.7 Å². The van der Waals surface area contributed by atoms with Gasteiger partial charge in [0.2, 0.25) is 0 Å². The summed E-state index contributed by atoms with van der Waals surface area (Å²) < 4.78 is 5.28. The molecule has 0 heterocycles. The number of carbonyl (C=O) groups is 1. The standard InChI is InChI=1S/C23H24O2/c1-14-19-20(16-8-6-5-7-9-16)15(2)23(3,22(19)24)21(14)17-10-12-18(25-4)13-11-17/h5-14,19-21H,2H2,1,3-4H3/t14?,19?,20?,21?,23-/m0/s1. The molecule has 0 aromatic heterocycles. The Morgan fingerprint density at radius 2 is 1.64 bits per heavy atom. The van der Waals surface area contributed by atoms with Gasteiger partial charge < -0.3 is 4.74 Å². The number of hydrogen-bond acceptors (Lipinski definition) is 2. The van der Waals surface area contributed by atoms with Crippen molar-refractivity contribution >= 4 is 5.78 Å². The Kier molecular flexibility index (Phi) is 3.61. The lowest BCUT2D eigenvalue weighted by atomic mass is 9.62. The molecule has 2 aromatic rings. The number of carbonyl (C=O) groups excluding carboxylic acids is 1. The zero-order valence-corrected chi connectivity index (χ0v) is 15.0. The maximum Gasteiger partial charge on any atom is 0.147 e. The first kappa shape index (κ1) is 16.1. The number of ketones is 1. The van der Waals surface area contributed by atoms with Crippen LogP contribution >= 0.6 is 0 Å². The molecule has 0 aliphatic heterocycles. The quantitative estimate of drug-likeness (QED) is 0.742. The van der Waals surface area contributed by atoms with E-state index in [0.717, 1.165) is 11.3 Å². The Bertz CT molecular complexity index is 821. The van der Waals surface area contributed by atoms with E-state index in [9.17, 15) is 4.79 Å². The second-order valence-corrected chi connectivity index (χ2v) is 7.62. The monoisotopic (exact) mass is 332 g/mol. The van der Waals surface area contributed by atoms with Crippen molar-refractivity contribution in [2.75, 3.05) is 7.11 Å². The molecule has 2 heteroatoms. The van der Waals surface area contributed by atoms with Crippen molar-refractivity contribution in [3.8, 4) is 5.75 Å². The Morgan fingerprint density at radius 3 is 2.24 bits per heavy atom. The first-order valence-electron chi connectivity index (χ1n) is 8.92. The van der Waals surface area contributed by atoms with Crippen molar-refractivity contribution in [1.29, 1.82) is 0 Å². The summed E-state index contributed by atoms with van der Waals surface area (Å²) in [4.78, 5) is 13.3. The minimum atomic E-state index is -0.487. The molecule has 4 unspecified atom stereocenters. The van der Waals surface area contributed by atoms with Crippen molar-refractivity contribution in [3.63, 3.8) is 0 Å². The van der Waals surface area contributed by atoms with Gasteiger partial charge in [-0.2, -0.15) is 0 Å². The molecule has 2 aromatic carbocycles. The van der Waals surface area contributed by atoms with Crippen LogP contribution in [0.2, 0.25) is 0 Å². The third-order valence-corrected chi connectivity index (χ3v) is 6.56. The van der Waals surface area contributed by atoms with E-state index in [1.165, 1.54) is 11.1 Å². The fourth-order valence-electron chi connectivity index (χ4n) is 5.34. The molecular formula is C23H24O2. The predicted molar refractivity (Wildman–Crippen MR) is 99.8 cm³/mol. The molecule has 0 amide bonds. The van der Waals surface area contributed by atoms with Gasteiger partial charge in [0, 0.05) is 17.8 Å². The average molecular weight is 332 g/mol. The van der Waals surface area contributed by atoms with Gasteiger partial charge in [-0.05, 0) is 36.1 Å². The topological polar surface area (TPSA) is 26.3 Å². The van der Waals surface area contributed by atoms with Crippen LogP contribution in [0.3, 0.4) is 0 Å². The van der Waals surface area contributed by atoms with E-state index >= 15 is 0 Å². The van der Waals surface area contributed by atoms with Crippen LogP contribution in [0.5, 0.6) is 5.75 Å². The summed E-state index contributed by atoms with van der Waals surface area (Å²) in [5, 5.41) is 0. The highest BCUT2D eigenvalue weighted by molar-refractivity contribution is 5.99. The maximum atomic E-state index is 13.3. The van der Waals surface area contributed by atoms with Crippen molar-refractivity contribution in [1.82, 2.24) is 0 Å². The highest BCUT2D eigenvalue weighted by Crippen LogP contribution is 2.68. The SMILES string of the molecule is C=C1C(c2ccccc2)C2C(=O)[C@]1(C)C(c1ccc(OC)cc1)C2C. The summed E-state index contributed by atoms with van der Waals surface area (Å²) in [5.74, 6) is 1.84. The van der Waals surface area contributed by atoms with Gasteiger partial charge in [0.25, 0.3) is 0 Å². The molecule has 2 aliphatic rings. The zero-order chi connectivity index (χ0) is 17.8. The molecule has 4 rings (SSSR count). The van der Waals surface area contributed by atoms with E-state index in [-0.39, 0.29) is 17.8 Å². The van der Waals surface area contributed by atoms with Gasteiger partial charge in [0.15, 0.2) is 0 Å². The molecule has 25 heavy (non-hydrogen) atoms. The summed E-state index contributed by atoms with van der Waals surface area (Å²) >= 11 is 0. The maximum absolute atomic E-state index is 13.3. The molecule has 0 saturated heterocycles. The Morgan fingerprint density at radius 1 is 1.00 bits per heavy atom. The molecule has 2 saturated carbocycles. The van der Waals surface area contributed by atoms with E-state index in [0.29, 0.717) is 11.7 Å². The number of benzene rings is 2. The number of rotatable bonds is 3. The van der Waals surface area contributed by atoms with Crippen molar-refractivity contribution in [2.45, 2.75) is 25.7 Å². The molecule has 0 spiro atoms. The van der Waals surface area contributed by atoms with Crippen LogP contribution in [0, 0.1) is 17.3 Å². The second kappa shape index (κ2) is 5.59. The van der Waals surface area contributed by atoms with Crippen LogP contribution in [-0.4, -0.2) is 12.9 Å². The minimum absolute atomic E-state index is 0.0204. The highest BCUT2D eigenvalue weighted by atomic mass is 16.5. The van der Waals surface area contributed by atoms with Gasteiger partial charge in [-0.15, -0.1) is 0 Å². The molecule has 2 nitrogen and oxygen atoms in total. The lowest BCUT2D eigenvalue weighted by molar-refractivity contribution is -0.124. The second-order valence-electron chi connectivity index (χ2n) is 7.62. The van der Waals surface area contributed by atoms with Crippen LogP contribution in [0.15, 0.2) is 66.7 Å². The minimum Gasteiger partial charge on any atom is -0.497 e. The first-order chi connectivity index (χ1) is 12.0. The van der Waals surface area contributed by atoms with Gasteiger partial charge in [-0.25, -0.2) is 0 Å². The molecule has 128 valence electrons. The van der Waals surface area contributed by atoms with Gasteiger partial charge in [-0.1, -0.05) is 61.5 Å². The third kappa shape index (κ3) is 2.06. The van der Waals surface area contributed by atoms with Gasteiger partial charge in [-0.3, -0.25) is 4.79 Å². The van der Waals surface area contributed by atoms with E-state index in [1.807, 2.05) is 30.3 Å². The first-order valence-corrected chi connectivity index (χ1v) is 8.92. The third-order valence-electron chi connectivity index (χ3n) is 6.56. The Hall–Kier alpha value is -2.35. The number of fused-ring (bicyclic) bond motifs is 2. The summed E-state index contributed by atoms with van der Waals surface area (Å²) in [6, 6.07) is 18.5. The van der Waals surface area contributed by atoms with Crippen LogP contribution in [0.1, 0.15) is 36.8 Å². The molecule has 2 aliphatic carbocycles. The van der Waals surface area contributed by atoms with E-state index in [1.54, 1.807) is 7.11 Å². The average Bonchev–Trinajstić information content (AvgIpc) is 2.96. The normalized spacial score (nSPS) is 33.7. The molecule has 5 atom stereocenters. The zero-order valence-electron chi connectivity index (χ0n) is 15.0. The van der Waals surface area contributed by atoms with E-state index in [4.69, 9.17) is 4.74 Å². The number of methoxy groups -OCH3 is 1. The van der Waals surface area contributed by atoms with Crippen molar-refractivity contribution < 1.29 is 9.53 Å². The molecule has 2 bridgehead atoms. The van der Waals surface area contributed by atoms with Gasteiger partial charge >= 0.3 is 0 Å². The number of allylic oxidation sites excluding steroid dienone is 1. The Labute approximate surface area is 149 Å². The molecular weight excluding hydrogens is 308 g/mol. The van der Waals surface area contributed by atoms with Crippen LogP contribution < -0.4 is 4.74 Å². The van der Waals surface area contributed by atoms with E-state index < -0.39 is 5.41 Å². The fourth-order valence-corrected chi connectivity index (χ4v) is 5.34. The van der Waals surface area contributed by atoms with Gasteiger partial charge in [0.05, 0.1) is 12.5 Å². The number of hydrogen-bond donors (Lipinski definition) is 0. The highest BCUT2D eigenvalue weighted by Gasteiger charge is 2.66. The summed E-state index contributed by atoms with van der Waals surface area (Å²) in [5.41, 5.74) is 3.01. The van der Waals surface area contributed by atoms with Crippen LogP contribution in [-0.2, 0) is 4.79 Å². The predicted octanol–water partition coefficient (Wildman–Crippen LogP) is 4.97. The lowest BCUT2D eigenvalue weighted by Crippen LogP contribution is -2.32. The van der Waals surface area contributed by atoms with Crippen molar-refractivity contribution in [3.05, 3.63) is 77.9 Å². The Balaban J connectivity index is 1.77. The summed E-state index contributed by atoms with van der Waals surface area (Å²) in [6.45, 7) is 8.75. The number of ether oxygens (including phenoxy) is 1. The number of Topliss-reactive ketones (excluding diaryl/α,β-unsaturated/α-hetero) is 1. The lowest BCUT2D eigenvalue weighted by Gasteiger charge is -2.40. The summed E-state index contributed by atoms with van der Waals surface area (Å²) in [7, 11) is 1.67. The largest absolute Gasteiger partial charge is 0.497 e. The smallest absolute Gasteiger partial charge is 0.147 e. The molecule has 0 N–H and O–H groups in total. The molecule has 0 radical (unpaired) electrons. The fraction of sp³-hybridized carbons (Fsp3) is 0.348. The van der Waals surface area contributed by atoms with Crippen LogP contribution in [0.25, 0.3) is 0 Å². The van der Waals surface area contributed by atoms with Crippen molar-refractivity contribution in [2.24, 2.45) is 17.3 Å². The molecule has 2 fully saturated rings. The van der Waals surface area contributed by atoms with Crippen LogP contribution in [0.4, 0.5) is 0 Å². The van der Waals surface area contributed by atoms with Gasteiger partial charge in [0.1, 0.15) is 11.5 Å².